The maximum atomic E-state index is 11.8. The molecule has 0 spiro atoms. The van der Waals surface area contributed by atoms with Gasteiger partial charge in [-0.25, -0.2) is 0 Å². The average molecular weight is 277 g/mol. The van der Waals surface area contributed by atoms with Gasteiger partial charge < -0.3 is 10.1 Å². The lowest BCUT2D eigenvalue weighted by Crippen LogP contribution is -2.30. The molecule has 1 heterocycles. The standard InChI is InChI=1S/C13H15N3O2S/c1-9(13(17)15-12-7-8-14-16-12)18-10-3-5-11(19-2)6-4-10/h3-9H,1-2H3,(H2,14,15,16,17)/t9-/m1/s1. The highest BCUT2D eigenvalue weighted by Gasteiger charge is 2.15. The number of carbonyl (C=O) groups is 1. The number of thioether (sulfide) groups is 1. The molecule has 1 aromatic heterocycles. The van der Waals surface area contributed by atoms with E-state index in [-0.39, 0.29) is 5.91 Å². The van der Waals surface area contributed by atoms with E-state index in [0.717, 1.165) is 4.90 Å². The molecular weight excluding hydrogens is 262 g/mol. The molecule has 1 atom stereocenters. The second kappa shape index (κ2) is 6.29. The molecule has 0 aliphatic heterocycles. The molecule has 2 aromatic rings. The van der Waals surface area contributed by atoms with Crippen LogP contribution in [0.2, 0.25) is 0 Å². The number of aromatic nitrogens is 2. The lowest BCUT2D eigenvalue weighted by atomic mass is 10.3. The first-order valence-corrected chi connectivity index (χ1v) is 7.02. The Balaban J connectivity index is 1.92. The van der Waals surface area contributed by atoms with Crippen LogP contribution < -0.4 is 10.1 Å². The maximum Gasteiger partial charge on any atom is 0.266 e. The van der Waals surface area contributed by atoms with Crippen LogP contribution in [-0.4, -0.2) is 28.5 Å². The van der Waals surface area contributed by atoms with Gasteiger partial charge in [0.15, 0.2) is 6.10 Å². The number of rotatable bonds is 5. The summed E-state index contributed by atoms with van der Waals surface area (Å²) in [6, 6.07) is 9.30. The Labute approximate surface area is 115 Å². The van der Waals surface area contributed by atoms with Gasteiger partial charge >= 0.3 is 0 Å². The fourth-order valence-electron chi connectivity index (χ4n) is 1.47. The number of nitrogens with zero attached hydrogens (tertiary/aromatic N) is 1. The van der Waals surface area contributed by atoms with E-state index in [1.54, 1.807) is 30.9 Å². The van der Waals surface area contributed by atoms with Crippen LogP contribution in [0, 0.1) is 0 Å². The fourth-order valence-corrected chi connectivity index (χ4v) is 1.88. The van der Waals surface area contributed by atoms with E-state index in [9.17, 15) is 4.79 Å². The van der Waals surface area contributed by atoms with Gasteiger partial charge in [-0.1, -0.05) is 0 Å². The van der Waals surface area contributed by atoms with E-state index in [2.05, 4.69) is 15.5 Å². The Morgan fingerprint density at radius 1 is 1.37 bits per heavy atom. The van der Waals surface area contributed by atoms with Crippen LogP contribution >= 0.6 is 11.8 Å². The molecule has 0 radical (unpaired) electrons. The third kappa shape index (κ3) is 3.75. The maximum absolute atomic E-state index is 11.8. The van der Waals surface area contributed by atoms with Gasteiger partial charge in [-0.2, -0.15) is 5.10 Å². The van der Waals surface area contributed by atoms with Crippen molar-refractivity contribution < 1.29 is 9.53 Å². The summed E-state index contributed by atoms with van der Waals surface area (Å²) >= 11 is 1.66. The molecule has 5 nitrogen and oxygen atoms in total. The smallest absolute Gasteiger partial charge is 0.266 e. The summed E-state index contributed by atoms with van der Waals surface area (Å²) in [7, 11) is 0. The van der Waals surface area contributed by atoms with Crippen molar-refractivity contribution in [1.82, 2.24) is 10.2 Å². The molecule has 2 rings (SSSR count). The van der Waals surface area contributed by atoms with Crippen LogP contribution in [0.1, 0.15) is 6.92 Å². The normalized spacial score (nSPS) is 11.9. The lowest BCUT2D eigenvalue weighted by Gasteiger charge is -2.14. The van der Waals surface area contributed by atoms with E-state index in [0.29, 0.717) is 11.6 Å². The van der Waals surface area contributed by atoms with Crippen LogP contribution in [0.4, 0.5) is 5.82 Å². The van der Waals surface area contributed by atoms with Gasteiger partial charge in [0.05, 0.1) is 6.20 Å². The van der Waals surface area contributed by atoms with Gasteiger partial charge in [-0.3, -0.25) is 9.89 Å². The van der Waals surface area contributed by atoms with E-state index >= 15 is 0 Å². The molecule has 2 N–H and O–H groups in total. The number of anilines is 1. The molecule has 6 heteroatoms. The predicted molar refractivity (Wildman–Crippen MR) is 75.5 cm³/mol. The van der Waals surface area contributed by atoms with Crippen LogP contribution in [0.5, 0.6) is 5.75 Å². The summed E-state index contributed by atoms with van der Waals surface area (Å²) < 4.78 is 5.57. The zero-order valence-electron chi connectivity index (χ0n) is 10.7. The number of ether oxygens (including phenoxy) is 1. The van der Waals surface area contributed by atoms with E-state index in [1.165, 1.54) is 0 Å². The first-order chi connectivity index (χ1) is 9.19. The molecule has 0 aliphatic carbocycles. The van der Waals surface area contributed by atoms with Crippen molar-refractivity contribution in [2.75, 3.05) is 11.6 Å². The highest BCUT2D eigenvalue weighted by Crippen LogP contribution is 2.20. The zero-order chi connectivity index (χ0) is 13.7. The van der Waals surface area contributed by atoms with Gasteiger partial charge in [0.2, 0.25) is 0 Å². The molecule has 1 amide bonds. The topological polar surface area (TPSA) is 67.0 Å². The minimum absolute atomic E-state index is 0.224. The van der Waals surface area contributed by atoms with Crippen molar-refractivity contribution in [2.24, 2.45) is 0 Å². The molecule has 100 valence electrons. The summed E-state index contributed by atoms with van der Waals surface area (Å²) in [5.41, 5.74) is 0. The van der Waals surface area contributed by atoms with Crippen LogP contribution in [0.3, 0.4) is 0 Å². The van der Waals surface area contributed by atoms with Gasteiger partial charge in [0.1, 0.15) is 11.6 Å². The van der Waals surface area contributed by atoms with Crippen molar-refractivity contribution in [3.8, 4) is 5.75 Å². The average Bonchev–Trinajstić information content (AvgIpc) is 2.92. The molecule has 0 saturated carbocycles. The summed E-state index contributed by atoms with van der Waals surface area (Å²) in [4.78, 5) is 13.0. The minimum Gasteiger partial charge on any atom is -0.481 e. The van der Waals surface area contributed by atoms with Crippen molar-refractivity contribution in [3.63, 3.8) is 0 Å². The third-order valence-corrected chi connectivity index (χ3v) is 3.24. The Morgan fingerprint density at radius 3 is 2.68 bits per heavy atom. The van der Waals surface area contributed by atoms with E-state index in [4.69, 9.17) is 4.74 Å². The largest absolute Gasteiger partial charge is 0.481 e. The molecule has 1 aromatic carbocycles. The number of amides is 1. The fraction of sp³-hybridized carbons (Fsp3) is 0.231. The highest BCUT2D eigenvalue weighted by molar-refractivity contribution is 7.98. The molecule has 19 heavy (non-hydrogen) atoms. The number of nitrogens with one attached hydrogen (secondary N) is 2. The number of carbonyl (C=O) groups excluding carboxylic acids is 1. The molecule has 0 bridgehead atoms. The van der Waals surface area contributed by atoms with Crippen molar-refractivity contribution in [1.29, 1.82) is 0 Å². The molecule has 0 aliphatic rings. The third-order valence-electron chi connectivity index (χ3n) is 2.50. The summed E-state index contributed by atoms with van der Waals surface area (Å²) in [6.07, 6.45) is 3.00. The molecule has 0 fully saturated rings. The zero-order valence-corrected chi connectivity index (χ0v) is 11.5. The summed E-state index contributed by atoms with van der Waals surface area (Å²) in [5, 5.41) is 9.09. The Bertz CT molecular complexity index is 525. The number of benzene rings is 1. The van der Waals surface area contributed by atoms with Crippen LogP contribution in [0.25, 0.3) is 0 Å². The highest BCUT2D eigenvalue weighted by atomic mass is 32.2. The summed E-state index contributed by atoms with van der Waals surface area (Å²) in [5.74, 6) is 1.00. The SMILES string of the molecule is CSc1ccc(O[C@H](C)C(=O)Nc2ccn[nH]2)cc1. The summed E-state index contributed by atoms with van der Waals surface area (Å²) in [6.45, 7) is 1.70. The van der Waals surface area contributed by atoms with Gasteiger partial charge in [0.25, 0.3) is 5.91 Å². The number of hydrogen-bond acceptors (Lipinski definition) is 4. The lowest BCUT2D eigenvalue weighted by molar-refractivity contribution is -0.122. The van der Waals surface area contributed by atoms with Gasteiger partial charge in [-0.15, -0.1) is 11.8 Å². The Morgan fingerprint density at radius 2 is 2.11 bits per heavy atom. The van der Waals surface area contributed by atoms with E-state index < -0.39 is 6.10 Å². The van der Waals surface area contributed by atoms with Crippen molar-refractivity contribution in [3.05, 3.63) is 36.5 Å². The van der Waals surface area contributed by atoms with Gasteiger partial charge in [0, 0.05) is 11.0 Å². The van der Waals surface area contributed by atoms with Crippen LogP contribution in [-0.2, 0) is 4.79 Å². The molecule has 0 saturated heterocycles. The second-order valence-electron chi connectivity index (χ2n) is 3.90. The molecular formula is C13H15N3O2S. The van der Waals surface area contributed by atoms with Crippen molar-refractivity contribution >= 4 is 23.5 Å². The number of hydrogen-bond donors (Lipinski definition) is 2. The van der Waals surface area contributed by atoms with Crippen LogP contribution in [0.15, 0.2) is 41.4 Å². The second-order valence-corrected chi connectivity index (χ2v) is 4.77. The Hall–Kier alpha value is -1.95. The predicted octanol–water partition coefficient (Wildman–Crippen LogP) is 2.54. The van der Waals surface area contributed by atoms with Gasteiger partial charge in [-0.05, 0) is 37.4 Å². The molecule has 0 unspecified atom stereocenters. The first kappa shape index (κ1) is 13.5. The first-order valence-electron chi connectivity index (χ1n) is 5.80. The monoisotopic (exact) mass is 277 g/mol. The minimum atomic E-state index is -0.580. The van der Waals surface area contributed by atoms with E-state index in [1.807, 2.05) is 30.5 Å². The number of H-pyrrole nitrogens is 1. The quantitative estimate of drug-likeness (QED) is 0.824. The number of aromatic amines is 1. The Kier molecular flexibility index (Phi) is 4.46. The van der Waals surface area contributed by atoms with Crippen molar-refractivity contribution in [2.45, 2.75) is 17.9 Å².